The second-order valence-corrected chi connectivity index (χ2v) is 6.86. The highest BCUT2D eigenvalue weighted by molar-refractivity contribution is 5.90. The number of carbonyl (C=O) groups excluding carboxylic acids is 2. The third kappa shape index (κ3) is 4.40. The minimum absolute atomic E-state index is 0.139. The fourth-order valence-corrected chi connectivity index (χ4v) is 3.42. The first kappa shape index (κ1) is 18.8. The number of anilines is 2. The number of piperidine rings is 1. The fourth-order valence-electron chi connectivity index (χ4n) is 3.42. The quantitative estimate of drug-likeness (QED) is 0.830. The van der Waals surface area contributed by atoms with Crippen molar-refractivity contribution in [2.24, 2.45) is 0 Å². The summed E-state index contributed by atoms with van der Waals surface area (Å²) < 4.78 is 5.30. The lowest BCUT2D eigenvalue weighted by Crippen LogP contribution is -2.33. The molecule has 0 aromatic heterocycles. The molecule has 1 atom stereocenters. The van der Waals surface area contributed by atoms with Crippen LogP contribution < -0.4 is 15.1 Å². The molecule has 2 heterocycles. The van der Waals surface area contributed by atoms with Crippen LogP contribution in [0.25, 0.3) is 4.85 Å². The highest BCUT2D eigenvalue weighted by Gasteiger charge is 2.32. The van der Waals surface area contributed by atoms with Gasteiger partial charge >= 0.3 is 6.09 Å². The summed E-state index contributed by atoms with van der Waals surface area (Å²) >= 11 is 0. The molecule has 2 aliphatic heterocycles. The predicted molar refractivity (Wildman–Crippen MR) is 103 cm³/mol. The van der Waals surface area contributed by atoms with Crippen molar-refractivity contribution in [1.82, 2.24) is 5.32 Å². The Hall–Kier alpha value is -3.01. The number of ether oxygens (including phenoxy) is 1. The number of benzene rings is 1. The highest BCUT2D eigenvalue weighted by atomic mass is 16.6. The van der Waals surface area contributed by atoms with Crippen LogP contribution in [0.1, 0.15) is 26.7 Å². The number of allylic oxidation sites excluding steroid dienone is 1. The minimum Gasteiger partial charge on any atom is -0.442 e. The van der Waals surface area contributed by atoms with E-state index in [9.17, 15) is 9.59 Å². The van der Waals surface area contributed by atoms with Gasteiger partial charge in [0.05, 0.1) is 19.7 Å². The van der Waals surface area contributed by atoms with E-state index in [0.717, 1.165) is 43.0 Å². The van der Waals surface area contributed by atoms with Crippen molar-refractivity contribution < 1.29 is 14.3 Å². The Labute approximate surface area is 159 Å². The molecule has 1 aromatic rings. The fraction of sp³-hybridized carbons (Fsp3) is 0.450. The Morgan fingerprint density at radius 1 is 1.22 bits per heavy atom. The van der Waals surface area contributed by atoms with E-state index < -0.39 is 0 Å². The summed E-state index contributed by atoms with van der Waals surface area (Å²) in [6, 6.07) is 7.88. The minimum atomic E-state index is -0.388. The summed E-state index contributed by atoms with van der Waals surface area (Å²) in [6.45, 7) is 13.0. The first-order chi connectivity index (χ1) is 13.0. The predicted octanol–water partition coefficient (Wildman–Crippen LogP) is 2.94. The number of hydrogen-bond donors (Lipinski definition) is 1. The van der Waals surface area contributed by atoms with Gasteiger partial charge in [-0.05, 0) is 44.0 Å². The third-order valence-corrected chi connectivity index (χ3v) is 5.03. The smallest absolute Gasteiger partial charge is 0.414 e. The molecule has 0 unspecified atom stereocenters. The normalized spacial score (nSPS) is 19.5. The summed E-state index contributed by atoms with van der Waals surface area (Å²) in [4.78, 5) is 30.5. The van der Waals surface area contributed by atoms with E-state index in [4.69, 9.17) is 11.3 Å². The van der Waals surface area contributed by atoms with Crippen LogP contribution in [-0.2, 0) is 9.53 Å². The molecule has 2 amide bonds. The number of carbonyl (C=O) groups is 2. The highest BCUT2D eigenvalue weighted by Crippen LogP contribution is 2.28. The lowest BCUT2D eigenvalue weighted by atomic mass is 10.0. The molecule has 0 spiro atoms. The molecule has 0 bridgehead atoms. The zero-order chi connectivity index (χ0) is 19.4. The Kier molecular flexibility index (Phi) is 5.65. The molecule has 0 aliphatic carbocycles. The molecule has 7 nitrogen and oxygen atoms in total. The van der Waals surface area contributed by atoms with Crippen molar-refractivity contribution in [1.29, 1.82) is 0 Å². The number of cyclic esters (lactones) is 1. The summed E-state index contributed by atoms with van der Waals surface area (Å²) in [5, 5.41) is 2.68. The second kappa shape index (κ2) is 8.12. The summed E-state index contributed by atoms with van der Waals surface area (Å²) in [6.07, 6.45) is 1.11. The summed E-state index contributed by atoms with van der Waals surface area (Å²) in [5.74, 6) is -0.139. The molecule has 0 saturated carbocycles. The van der Waals surface area contributed by atoms with Crippen molar-refractivity contribution in [2.75, 3.05) is 36.0 Å². The van der Waals surface area contributed by atoms with Crippen LogP contribution >= 0.6 is 0 Å². The van der Waals surface area contributed by atoms with Gasteiger partial charge in [0.15, 0.2) is 5.70 Å². The Balaban J connectivity index is 1.60. The van der Waals surface area contributed by atoms with Crippen LogP contribution in [0.2, 0.25) is 0 Å². The molecule has 0 radical (unpaired) electrons. The summed E-state index contributed by atoms with van der Waals surface area (Å²) in [7, 11) is 0. The Morgan fingerprint density at radius 2 is 1.85 bits per heavy atom. The maximum Gasteiger partial charge on any atom is 0.414 e. The van der Waals surface area contributed by atoms with Crippen molar-refractivity contribution in [3.05, 3.63) is 47.0 Å². The molecule has 27 heavy (non-hydrogen) atoms. The second-order valence-electron chi connectivity index (χ2n) is 6.86. The van der Waals surface area contributed by atoms with Crippen LogP contribution in [0.5, 0.6) is 0 Å². The van der Waals surface area contributed by atoms with E-state index in [1.807, 2.05) is 31.2 Å². The van der Waals surface area contributed by atoms with Gasteiger partial charge in [0.25, 0.3) is 0 Å². The molecule has 1 N–H and O–H groups in total. The van der Waals surface area contributed by atoms with Crippen LogP contribution in [0.3, 0.4) is 0 Å². The topological polar surface area (TPSA) is 66.2 Å². The van der Waals surface area contributed by atoms with Gasteiger partial charge in [0.2, 0.25) is 5.91 Å². The molecule has 142 valence electrons. The van der Waals surface area contributed by atoms with Crippen molar-refractivity contribution in [2.45, 2.75) is 32.8 Å². The lowest BCUT2D eigenvalue weighted by molar-refractivity contribution is -0.119. The van der Waals surface area contributed by atoms with Crippen LogP contribution in [0, 0.1) is 6.57 Å². The first-order valence-corrected chi connectivity index (χ1v) is 9.11. The van der Waals surface area contributed by atoms with Crippen LogP contribution in [-0.4, -0.2) is 44.3 Å². The van der Waals surface area contributed by atoms with Crippen molar-refractivity contribution in [3.8, 4) is 0 Å². The maximum absolute atomic E-state index is 12.1. The van der Waals surface area contributed by atoms with Gasteiger partial charge in [-0.1, -0.05) is 5.57 Å². The third-order valence-electron chi connectivity index (χ3n) is 5.03. The molecule has 3 rings (SSSR count). The van der Waals surface area contributed by atoms with Crippen LogP contribution in [0.15, 0.2) is 35.5 Å². The average molecular weight is 368 g/mol. The van der Waals surface area contributed by atoms with E-state index >= 15 is 0 Å². The summed E-state index contributed by atoms with van der Waals surface area (Å²) in [5.41, 5.74) is 3.98. The van der Waals surface area contributed by atoms with E-state index in [-0.39, 0.29) is 18.1 Å². The molecule has 1 aromatic carbocycles. The maximum atomic E-state index is 12.1. The van der Waals surface area contributed by atoms with E-state index in [0.29, 0.717) is 13.1 Å². The van der Waals surface area contributed by atoms with Gasteiger partial charge in [-0.2, -0.15) is 0 Å². The van der Waals surface area contributed by atoms with E-state index in [1.54, 1.807) is 4.90 Å². The lowest BCUT2D eigenvalue weighted by Gasteiger charge is -2.31. The molecule has 2 fully saturated rings. The zero-order valence-electron chi connectivity index (χ0n) is 15.7. The van der Waals surface area contributed by atoms with Gasteiger partial charge in [0, 0.05) is 31.4 Å². The average Bonchev–Trinajstić information content (AvgIpc) is 3.06. The number of rotatable bonds is 4. The van der Waals surface area contributed by atoms with E-state index in [1.165, 1.54) is 12.5 Å². The van der Waals surface area contributed by atoms with Gasteiger partial charge in [0.1, 0.15) is 6.10 Å². The van der Waals surface area contributed by atoms with E-state index in [2.05, 4.69) is 15.1 Å². The number of nitrogens with zero attached hydrogens (tertiary/aromatic N) is 3. The molecular formula is C20H24N4O3. The molecule has 2 saturated heterocycles. The van der Waals surface area contributed by atoms with Gasteiger partial charge in [-0.3, -0.25) is 9.69 Å². The van der Waals surface area contributed by atoms with Gasteiger partial charge in [-0.25, -0.2) is 9.64 Å². The number of amides is 2. The number of hydrogen-bond acceptors (Lipinski definition) is 4. The monoisotopic (exact) mass is 368 g/mol. The standard InChI is InChI=1S/C20H24N4O3/c1-14(21-3)16-8-10-23(11-9-16)17-4-6-18(7-5-17)24-13-19(27-20(24)26)12-22-15(2)25/h4-7,19H,8-13H2,1-2H3,(H,22,25)/t19-/m0/s1. The molecule has 2 aliphatic rings. The zero-order valence-corrected chi connectivity index (χ0v) is 15.7. The largest absolute Gasteiger partial charge is 0.442 e. The Bertz CT molecular complexity index is 784. The van der Waals surface area contributed by atoms with Crippen molar-refractivity contribution >= 4 is 23.4 Å². The molecule has 7 heteroatoms. The Morgan fingerprint density at radius 3 is 2.44 bits per heavy atom. The van der Waals surface area contributed by atoms with Gasteiger partial charge in [-0.15, -0.1) is 0 Å². The van der Waals surface area contributed by atoms with Crippen molar-refractivity contribution in [3.63, 3.8) is 0 Å². The number of nitrogens with one attached hydrogen (secondary N) is 1. The van der Waals surface area contributed by atoms with Crippen LogP contribution in [0.4, 0.5) is 16.2 Å². The molecular weight excluding hydrogens is 344 g/mol. The van der Waals surface area contributed by atoms with Gasteiger partial charge < -0.3 is 15.0 Å². The SMILES string of the molecule is [C-]#[N+]C(C)=C1CCN(c2ccc(N3C[C@H](CNC(C)=O)OC3=O)cc2)CC1. The first-order valence-electron chi connectivity index (χ1n) is 9.11.